The van der Waals surface area contributed by atoms with Crippen LogP contribution in [0.4, 0.5) is 10.1 Å². The zero-order chi connectivity index (χ0) is 19.6. The fraction of sp³-hybridized carbons (Fsp3) is 0.200. The molecule has 7 heteroatoms. The van der Waals surface area contributed by atoms with E-state index in [2.05, 4.69) is 10.6 Å². The lowest BCUT2D eigenvalue weighted by molar-refractivity contribution is -0.136. The third kappa shape index (κ3) is 4.32. The van der Waals surface area contributed by atoms with E-state index < -0.39 is 23.2 Å². The van der Waals surface area contributed by atoms with Crippen molar-refractivity contribution in [3.05, 3.63) is 64.8 Å². The van der Waals surface area contributed by atoms with Crippen molar-refractivity contribution in [1.82, 2.24) is 5.32 Å². The summed E-state index contributed by atoms with van der Waals surface area (Å²) in [5.41, 5.74) is -0.693. The highest BCUT2D eigenvalue weighted by molar-refractivity contribution is 7.19. The minimum Gasteiger partial charge on any atom is -0.383 e. The molecule has 0 fully saturated rings. The molecule has 2 aromatic carbocycles. The van der Waals surface area contributed by atoms with Crippen LogP contribution in [0.2, 0.25) is 0 Å². The Balaban J connectivity index is 1.62. The number of halogens is 1. The number of amides is 2. The summed E-state index contributed by atoms with van der Waals surface area (Å²) in [6, 6.07) is 13.7. The van der Waals surface area contributed by atoms with Gasteiger partial charge in [0.25, 0.3) is 0 Å². The van der Waals surface area contributed by atoms with Crippen LogP contribution >= 0.6 is 11.3 Å². The smallest absolute Gasteiger partial charge is 0.313 e. The summed E-state index contributed by atoms with van der Waals surface area (Å²) < 4.78 is 14.6. The second kappa shape index (κ2) is 7.46. The average Bonchev–Trinajstić information content (AvgIpc) is 3.08. The number of nitrogens with one attached hydrogen (secondary N) is 2. The molecule has 2 amide bonds. The molecule has 0 bridgehead atoms. The standard InChI is InChI=1S/C20H19FN2O3S/c1-12-7-8-14(10-15(12)21)23-19(25)18(24)22-11-20(2,26)17-9-13-5-3-4-6-16(13)27-17/h3-10,26H,11H2,1-2H3,(H,22,24)(H,23,25). The Morgan fingerprint density at radius 2 is 1.89 bits per heavy atom. The van der Waals surface area contributed by atoms with Gasteiger partial charge in [0.1, 0.15) is 11.4 Å². The van der Waals surface area contributed by atoms with Crippen molar-refractivity contribution in [3.8, 4) is 0 Å². The molecule has 0 aliphatic heterocycles. The Morgan fingerprint density at radius 1 is 1.15 bits per heavy atom. The molecule has 3 aromatic rings. The number of hydrogen-bond donors (Lipinski definition) is 3. The largest absolute Gasteiger partial charge is 0.383 e. The predicted octanol–water partition coefficient (Wildman–Crippen LogP) is 3.31. The van der Waals surface area contributed by atoms with Gasteiger partial charge in [-0.2, -0.15) is 0 Å². The van der Waals surface area contributed by atoms with Crippen molar-refractivity contribution in [2.75, 3.05) is 11.9 Å². The molecule has 0 saturated heterocycles. The first-order chi connectivity index (χ1) is 12.8. The SMILES string of the molecule is Cc1ccc(NC(=O)C(=O)NCC(C)(O)c2cc3ccccc3s2)cc1F. The maximum atomic E-state index is 13.5. The van der Waals surface area contributed by atoms with Crippen molar-refractivity contribution < 1.29 is 19.1 Å². The van der Waals surface area contributed by atoms with Crippen LogP contribution in [0, 0.1) is 12.7 Å². The maximum Gasteiger partial charge on any atom is 0.313 e. The van der Waals surface area contributed by atoms with Gasteiger partial charge in [-0.3, -0.25) is 9.59 Å². The number of anilines is 1. The van der Waals surface area contributed by atoms with Crippen LogP contribution in [0.1, 0.15) is 17.4 Å². The molecule has 27 heavy (non-hydrogen) atoms. The number of hydrogen-bond acceptors (Lipinski definition) is 4. The minimum atomic E-state index is -1.32. The highest BCUT2D eigenvalue weighted by Crippen LogP contribution is 2.32. The molecule has 3 rings (SSSR count). The summed E-state index contributed by atoms with van der Waals surface area (Å²) in [6.45, 7) is 3.04. The van der Waals surface area contributed by atoms with Crippen molar-refractivity contribution in [2.45, 2.75) is 19.4 Å². The molecule has 1 aromatic heterocycles. The van der Waals surface area contributed by atoms with Gasteiger partial charge in [-0.1, -0.05) is 24.3 Å². The van der Waals surface area contributed by atoms with Crippen LogP contribution in [0.5, 0.6) is 0 Å². The summed E-state index contributed by atoms with van der Waals surface area (Å²) in [5.74, 6) is -2.30. The van der Waals surface area contributed by atoms with Crippen LogP contribution in [0.15, 0.2) is 48.5 Å². The zero-order valence-electron chi connectivity index (χ0n) is 14.9. The fourth-order valence-electron chi connectivity index (χ4n) is 2.53. The highest BCUT2D eigenvalue weighted by Gasteiger charge is 2.27. The van der Waals surface area contributed by atoms with E-state index in [0.717, 1.165) is 16.2 Å². The van der Waals surface area contributed by atoms with Gasteiger partial charge in [0.15, 0.2) is 0 Å². The van der Waals surface area contributed by atoms with Gasteiger partial charge in [0.05, 0.1) is 6.54 Å². The molecule has 0 saturated carbocycles. The summed E-state index contributed by atoms with van der Waals surface area (Å²) in [5, 5.41) is 16.5. The number of rotatable bonds is 4. The van der Waals surface area contributed by atoms with Gasteiger partial charge < -0.3 is 15.7 Å². The average molecular weight is 386 g/mol. The van der Waals surface area contributed by atoms with E-state index in [4.69, 9.17) is 0 Å². The summed E-state index contributed by atoms with van der Waals surface area (Å²) in [6.07, 6.45) is 0. The topological polar surface area (TPSA) is 78.4 Å². The van der Waals surface area contributed by atoms with E-state index in [-0.39, 0.29) is 12.2 Å². The van der Waals surface area contributed by atoms with Gasteiger partial charge in [-0.15, -0.1) is 11.3 Å². The van der Waals surface area contributed by atoms with Gasteiger partial charge in [0, 0.05) is 15.3 Å². The summed E-state index contributed by atoms with van der Waals surface area (Å²) in [4.78, 5) is 24.7. The third-order valence-corrected chi connectivity index (χ3v) is 5.55. The highest BCUT2D eigenvalue weighted by atomic mass is 32.1. The van der Waals surface area contributed by atoms with E-state index in [9.17, 15) is 19.1 Å². The van der Waals surface area contributed by atoms with Crippen LogP contribution in [0.25, 0.3) is 10.1 Å². The van der Waals surface area contributed by atoms with E-state index >= 15 is 0 Å². The first-order valence-electron chi connectivity index (χ1n) is 8.33. The number of benzene rings is 2. The van der Waals surface area contributed by atoms with Crippen molar-refractivity contribution in [1.29, 1.82) is 0 Å². The van der Waals surface area contributed by atoms with Gasteiger partial charge in [-0.05, 0) is 49.1 Å². The lowest BCUT2D eigenvalue weighted by Gasteiger charge is -2.22. The molecule has 0 radical (unpaired) electrons. The van der Waals surface area contributed by atoms with Crippen LogP contribution in [0.3, 0.4) is 0 Å². The van der Waals surface area contributed by atoms with Gasteiger partial charge in [0.2, 0.25) is 0 Å². The number of aryl methyl sites for hydroxylation is 1. The monoisotopic (exact) mass is 386 g/mol. The Bertz CT molecular complexity index is 980. The Hall–Kier alpha value is -2.77. The normalized spacial score (nSPS) is 13.2. The van der Waals surface area contributed by atoms with Crippen molar-refractivity contribution in [2.24, 2.45) is 0 Å². The number of thiophene rings is 1. The first-order valence-corrected chi connectivity index (χ1v) is 9.15. The number of aliphatic hydroxyl groups is 1. The van der Waals surface area contributed by atoms with Gasteiger partial charge in [-0.25, -0.2) is 4.39 Å². The summed E-state index contributed by atoms with van der Waals surface area (Å²) in [7, 11) is 0. The third-order valence-electron chi connectivity index (χ3n) is 4.19. The minimum absolute atomic E-state index is 0.131. The quantitative estimate of drug-likeness (QED) is 0.602. The molecular formula is C20H19FN2O3S. The lowest BCUT2D eigenvalue weighted by atomic mass is 10.0. The van der Waals surface area contributed by atoms with Crippen molar-refractivity contribution >= 4 is 38.9 Å². The van der Waals surface area contributed by atoms with Gasteiger partial charge >= 0.3 is 11.8 Å². The number of carbonyl (C=O) groups excluding carboxylic acids is 2. The molecule has 0 spiro atoms. The second-order valence-electron chi connectivity index (χ2n) is 6.52. The zero-order valence-corrected chi connectivity index (χ0v) is 15.7. The molecule has 140 valence electrons. The Labute approximate surface area is 159 Å². The van der Waals surface area contributed by atoms with Crippen LogP contribution < -0.4 is 10.6 Å². The number of fused-ring (bicyclic) bond motifs is 1. The van der Waals surface area contributed by atoms with E-state index in [0.29, 0.717) is 10.4 Å². The molecule has 1 atom stereocenters. The summed E-state index contributed by atoms with van der Waals surface area (Å²) >= 11 is 1.43. The van der Waals surface area contributed by atoms with E-state index in [1.54, 1.807) is 13.8 Å². The molecule has 0 aliphatic rings. The first kappa shape index (κ1) is 19.0. The van der Waals surface area contributed by atoms with Crippen LogP contribution in [-0.4, -0.2) is 23.5 Å². The fourth-order valence-corrected chi connectivity index (χ4v) is 3.63. The van der Waals surface area contributed by atoms with E-state index in [1.807, 2.05) is 30.3 Å². The molecule has 1 unspecified atom stereocenters. The molecule has 3 N–H and O–H groups in total. The molecule has 5 nitrogen and oxygen atoms in total. The molecule has 0 aliphatic carbocycles. The number of carbonyl (C=O) groups is 2. The van der Waals surface area contributed by atoms with Crippen molar-refractivity contribution in [3.63, 3.8) is 0 Å². The second-order valence-corrected chi connectivity index (χ2v) is 7.61. The maximum absolute atomic E-state index is 13.5. The Morgan fingerprint density at radius 3 is 2.59 bits per heavy atom. The van der Waals surface area contributed by atoms with E-state index in [1.165, 1.54) is 23.5 Å². The van der Waals surface area contributed by atoms with Crippen LogP contribution in [-0.2, 0) is 15.2 Å². The lowest BCUT2D eigenvalue weighted by Crippen LogP contribution is -2.43. The predicted molar refractivity (Wildman–Crippen MR) is 104 cm³/mol. The molecule has 1 heterocycles. The Kier molecular flexibility index (Phi) is 5.25. The molecular weight excluding hydrogens is 367 g/mol.